The molecule has 6 nitrogen and oxygen atoms in total. The number of aliphatic carboxylic acids is 1. The van der Waals surface area contributed by atoms with Crippen LogP contribution in [0.5, 0.6) is 0 Å². The number of carbonyl (C=O) groups is 1. The van der Waals surface area contributed by atoms with Crippen molar-refractivity contribution >= 4 is 16.0 Å². The number of sulfonamides is 1. The first kappa shape index (κ1) is 13.6. The minimum atomic E-state index is -3.63. The number of hydrazine groups is 1. The van der Waals surface area contributed by atoms with E-state index in [0.717, 1.165) is 5.56 Å². The molecule has 0 aliphatic carbocycles. The molecule has 1 aromatic rings. The highest BCUT2D eigenvalue weighted by molar-refractivity contribution is 7.89. The fraction of sp³-hybridized carbons (Fsp3) is 0.300. The Morgan fingerprint density at radius 3 is 2.41 bits per heavy atom. The van der Waals surface area contributed by atoms with Crippen molar-refractivity contribution in [3.8, 4) is 0 Å². The normalized spacial score (nSPS) is 11.4. The zero-order valence-electron chi connectivity index (χ0n) is 9.30. The molecule has 0 atom stereocenters. The van der Waals surface area contributed by atoms with E-state index in [1.807, 2.05) is 6.92 Å². The van der Waals surface area contributed by atoms with E-state index >= 15 is 0 Å². The van der Waals surface area contributed by atoms with Crippen molar-refractivity contribution in [3.05, 3.63) is 29.8 Å². The third-order valence-electron chi connectivity index (χ3n) is 2.00. The molecule has 3 N–H and O–H groups in total. The SMILES string of the molecule is Cc1ccc(S(=O)(=O)NNCCC(=O)O)cc1. The van der Waals surface area contributed by atoms with Gasteiger partial charge >= 0.3 is 5.97 Å². The van der Waals surface area contributed by atoms with Gasteiger partial charge in [0.25, 0.3) is 10.0 Å². The summed E-state index contributed by atoms with van der Waals surface area (Å²) in [7, 11) is -3.63. The summed E-state index contributed by atoms with van der Waals surface area (Å²) in [6.45, 7) is 1.88. The molecular formula is C10H14N2O4S. The van der Waals surface area contributed by atoms with Gasteiger partial charge in [-0.3, -0.25) is 4.79 Å². The lowest BCUT2D eigenvalue weighted by Crippen LogP contribution is -2.38. The molecule has 1 aromatic carbocycles. The van der Waals surface area contributed by atoms with Crippen molar-refractivity contribution in [3.63, 3.8) is 0 Å². The molecule has 7 heteroatoms. The van der Waals surface area contributed by atoms with E-state index in [2.05, 4.69) is 10.3 Å². The van der Waals surface area contributed by atoms with E-state index in [4.69, 9.17) is 5.11 Å². The van der Waals surface area contributed by atoms with E-state index in [-0.39, 0.29) is 17.9 Å². The molecule has 0 unspecified atom stereocenters. The van der Waals surface area contributed by atoms with Crippen molar-refractivity contribution in [1.82, 2.24) is 10.3 Å². The Hall–Kier alpha value is -1.44. The highest BCUT2D eigenvalue weighted by Gasteiger charge is 2.12. The highest BCUT2D eigenvalue weighted by Crippen LogP contribution is 2.08. The lowest BCUT2D eigenvalue weighted by Gasteiger charge is -2.07. The van der Waals surface area contributed by atoms with Crippen LogP contribution >= 0.6 is 0 Å². The van der Waals surface area contributed by atoms with Gasteiger partial charge in [-0.05, 0) is 19.1 Å². The molecule has 1 rings (SSSR count). The number of hydrogen-bond donors (Lipinski definition) is 3. The largest absolute Gasteiger partial charge is 0.481 e. The summed E-state index contributed by atoms with van der Waals surface area (Å²) in [5.41, 5.74) is 3.31. The van der Waals surface area contributed by atoms with E-state index in [9.17, 15) is 13.2 Å². The Balaban J connectivity index is 2.57. The topological polar surface area (TPSA) is 95.5 Å². The average molecular weight is 258 g/mol. The maximum atomic E-state index is 11.7. The summed E-state index contributed by atoms with van der Waals surface area (Å²) in [5.74, 6) is -0.993. The summed E-state index contributed by atoms with van der Waals surface area (Å²) < 4.78 is 23.3. The van der Waals surface area contributed by atoms with E-state index in [0.29, 0.717) is 0 Å². The first-order valence-electron chi connectivity index (χ1n) is 4.95. The van der Waals surface area contributed by atoms with Crippen LogP contribution in [0.1, 0.15) is 12.0 Å². The molecule has 0 spiro atoms. The van der Waals surface area contributed by atoms with Gasteiger partial charge in [0.1, 0.15) is 0 Å². The Morgan fingerprint density at radius 2 is 1.88 bits per heavy atom. The van der Waals surface area contributed by atoms with Crippen LogP contribution < -0.4 is 10.3 Å². The minimum Gasteiger partial charge on any atom is -0.481 e. The smallest absolute Gasteiger partial charge is 0.304 e. The molecule has 17 heavy (non-hydrogen) atoms. The molecule has 0 aromatic heterocycles. The maximum absolute atomic E-state index is 11.7. The number of benzene rings is 1. The van der Waals surface area contributed by atoms with Crippen LogP contribution in [-0.4, -0.2) is 26.0 Å². The second kappa shape index (κ2) is 5.76. The monoisotopic (exact) mass is 258 g/mol. The molecular weight excluding hydrogens is 244 g/mol. The van der Waals surface area contributed by atoms with Crippen LogP contribution in [0.15, 0.2) is 29.2 Å². The average Bonchev–Trinajstić information content (AvgIpc) is 2.25. The van der Waals surface area contributed by atoms with E-state index < -0.39 is 16.0 Å². The molecule has 0 saturated carbocycles. The van der Waals surface area contributed by atoms with Gasteiger partial charge < -0.3 is 5.11 Å². The Labute approximate surface area is 99.7 Å². The Morgan fingerprint density at radius 1 is 1.29 bits per heavy atom. The van der Waals surface area contributed by atoms with Crippen LogP contribution in [0.25, 0.3) is 0 Å². The van der Waals surface area contributed by atoms with Gasteiger partial charge in [-0.25, -0.2) is 13.8 Å². The lowest BCUT2D eigenvalue weighted by atomic mass is 10.2. The zero-order chi connectivity index (χ0) is 12.9. The summed E-state index contributed by atoms with van der Waals surface area (Å²) in [4.78, 5) is 12.5. The summed E-state index contributed by atoms with van der Waals surface area (Å²) >= 11 is 0. The van der Waals surface area contributed by atoms with Crippen molar-refractivity contribution in [1.29, 1.82) is 0 Å². The second-order valence-corrected chi connectivity index (χ2v) is 5.17. The number of hydrogen-bond acceptors (Lipinski definition) is 4. The Kier molecular flexibility index (Phi) is 4.62. The molecule has 0 aliphatic heterocycles. The van der Waals surface area contributed by atoms with Gasteiger partial charge in [-0.15, -0.1) is 4.83 Å². The standard InChI is InChI=1S/C10H14N2O4S/c1-8-2-4-9(5-3-8)17(15,16)12-11-7-6-10(13)14/h2-5,11-12H,6-7H2,1H3,(H,13,14). The number of carboxylic acids is 1. The molecule has 0 radical (unpaired) electrons. The zero-order valence-corrected chi connectivity index (χ0v) is 10.1. The predicted molar refractivity (Wildman–Crippen MR) is 61.8 cm³/mol. The Bertz CT molecular complexity index is 482. The second-order valence-electron chi connectivity index (χ2n) is 3.49. The summed E-state index contributed by atoms with van der Waals surface area (Å²) in [5, 5.41) is 8.37. The van der Waals surface area contributed by atoms with Crippen LogP contribution in [0.2, 0.25) is 0 Å². The summed E-state index contributed by atoms with van der Waals surface area (Å²) in [6.07, 6.45) is -0.156. The lowest BCUT2D eigenvalue weighted by molar-refractivity contribution is -0.136. The highest BCUT2D eigenvalue weighted by atomic mass is 32.2. The number of rotatable bonds is 6. The van der Waals surface area contributed by atoms with Gasteiger partial charge in [-0.2, -0.15) is 0 Å². The van der Waals surface area contributed by atoms with Gasteiger partial charge in [0, 0.05) is 6.54 Å². The van der Waals surface area contributed by atoms with Crippen LogP contribution in [0.4, 0.5) is 0 Å². The van der Waals surface area contributed by atoms with Crippen LogP contribution in [0, 0.1) is 6.92 Å². The quantitative estimate of drug-likeness (QED) is 0.502. The third kappa shape index (κ3) is 4.51. The molecule has 0 fully saturated rings. The first-order valence-corrected chi connectivity index (χ1v) is 6.43. The fourth-order valence-electron chi connectivity index (χ4n) is 1.09. The first-order chi connectivity index (χ1) is 7.92. The van der Waals surface area contributed by atoms with Gasteiger partial charge in [0.15, 0.2) is 0 Å². The van der Waals surface area contributed by atoms with Crippen molar-refractivity contribution in [2.45, 2.75) is 18.2 Å². The van der Waals surface area contributed by atoms with Crippen molar-refractivity contribution in [2.24, 2.45) is 0 Å². The van der Waals surface area contributed by atoms with Crippen LogP contribution in [-0.2, 0) is 14.8 Å². The molecule has 94 valence electrons. The minimum absolute atomic E-state index is 0.0282. The third-order valence-corrected chi connectivity index (χ3v) is 3.31. The number of nitrogens with one attached hydrogen (secondary N) is 2. The molecule has 0 bridgehead atoms. The van der Waals surface area contributed by atoms with Crippen LogP contribution in [0.3, 0.4) is 0 Å². The van der Waals surface area contributed by atoms with Gasteiger partial charge in [-0.1, -0.05) is 17.7 Å². The van der Waals surface area contributed by atoms with Gasteiger partial charge in [0.2, 0.25) is 0 Å². The fourth-order valence-corrected chi connectivity index (χ4v) is 2.00. The van der Waals surface area contributed by atoms with E-state index in [1.54, 1.807) is 12.1 Å². The molecule has 0 aliphatic rings. The molecule has 0 saturated heterocycles. The van der Waals surface area contributed by atoms with Crippen molar-refractivity contribution < 1.29 is 18.3 Å². The molecule has 0 heterocycles. The van der Waals surface area contributed by atoms with Crippen molar-refractivity contribution in [2.75, 3.05) is 6.54 Å². The predicted octanol–water partition coefficient (Wildman–Crippen LogP) is 0.253. The van der Waals surface area contributed by atoms with Gasteiger partial charge in [0.05, 0.1) is 11.3 Å². The number of carboxylic acid groups (broad SMARTS) is 1. The maximum Gasteiger partial charge on any atom is 0.304 e. The molecule has 0 amide bonds. The van der Waals surface area contributed by atoms with E-state index in [1.165, 1.54) is 12.1 Å². The summed E-state index contributed by atoms with van der Waals surface area (Å²) in [6, 6.07) is 6.34. The number of aryl methyl sites for hydroxylation is 1.